The molecule has 0 heterocycles. The zero-order valence-corrected chi connectivity index (χ0v) is 20.0. The molecule has 0 aliphatic heterocycles. The summed E-state index contributed by atoms with van der Waals surface area (Å²) in [4.78, 5) is 45.1. The van der Waals surface area contributed by atoms with Crippen molar-refractivity contribution in [1.82, 2.24) is 16.0 Å². The Morgan fingerprint density at radius 2 is 1.21 bits per heavy atom. The lowest BCUT2D eigenvalue weighted by atomic mass is 10.1. The summed E-state index contributed by atoms with van der Waals surface area (Å²) < 4.78 is 20.9. The van der Waals surface area contributed by atoms with Gasteiger partial charge < -0.3 is 45.7 Å². The van der Waals surface area contributed by atoms with Crippen molar-refractivity contribution in [2.45, 2.75) is 38.6 Å². The maximum Gasteiger partial charge on any atom is 0.320 e. The Kier molecular flexibility index (Phi) is 20.9. The highest BCUT2D eigenvalue weighted by molar-refractivity contribution is 5.78. The molecule has 0 aromatic rings. The standard InChI is InChI=1S/C21H40N4O9/c1-2-3-6-23-19(27)15-33-13-12-32-10-8-25-20(28)16-34-14-11-31-9-7-24-18(26)5-4-17(22)21(29)30/h17H,2-16,22H2,1H3,(H,23,27)(H,24,26)(H,25,28)(H,29,30)/t17-/m0/s1. The van der Waals surface area contributed by atoms with Gasteiger partial charge in [-0.05, 0) is 12.8 Å². The second-order valence-corrected chi connectivity index (χ2v) is 7.22. The molecule has 0 radical (unpaired) electrons. The first-order valence-corrected chi connectivity index (χ1v) is 11.5. The number of hydrogen-bond donors (Lipinski definition) is 5. The van der Waals surface area contributed by atoms with Gasteiger partial charge in [-0.2, -0.15) is 0 Å². The minimum absolute atomic E-state index is 0.00325. The van der Waals surface area contributed by atoms with E-state index in [1.54, 1.807) is 0 Å². The molecule has 0 aliphatic carbocycles. The lowest BCUT2D eigenvalue weighted by molar-refractivity contribution is -0.138. The zero-order chi connectivity index (χ0) is 25.4. The number of hydrogen-bond acceptors (Lipinski definition) is 9. The molecule has 13 heteroatoms. The van der Waals surface area contributed by atoms with Gasteiger partial charge in [-0.25, -0.2) is 0 Å². The summed E-state index contributed by atoms with van der Waals surface area (Å²) in [5.74, 6) is -1.86. The minimum Gasteiger partial charge on any atom is -0.480 e. The minimum atomic E-state index is -1.14. The van der Waals surface area contributed by atoms with Crippen LogP contribution in [0.25, 0.3) is 0 Å². The third kappa shape index (κ3) is 21.5. The van der Waals surface area contributed by atoms with Gasteiger partial charge in [0.05, 0.1) is 39.6 Å². The molecule has 0 aliphatic rings. The van der Waals surface area contributed by atoms with Crippen LogP contribution in [0.15, 0.2) is 0 Å². The lowest BCUT2D eigenvalue weighted by Crippen LogP contribution is -2.33. The monoisotopic (exact) mass is 492 g/mol. The maximum absolute atomic E-state index is 11.6. The van der Waals surface area contributed by atoms with Gasteiger partial charge in [0.1, 0.15) is 19.3 Å². The summed E-state index contributed by atoms with van der Waals surface area (Å²) >= 11 is 0. The lowest BCUT2D eigenvalue weighted by Gasteiger charge is -2.09. The van der Waals surface area contributed by atoms with E-state index in [1.165, 1.54) is 0 Å². The van der Waals surface area contributed by atoms with E-state index in [1.807, 2.05) is 6.92 Å². The molecule has 0 aromatic carbocycles. The molecule has 3 amide bonds. The topological polar surface area (TPSA) is 188 Å². The Bertz CT molecular complexity index is 578. The smallest absolute Gasteiger partial charge is 0.320 e. The van der Waals surface area contributed by atoms with E-state index in [-0.39, 0.29) is 70.1 Å². The number of carboxylic acid groups (broad SMARTS) is 1. The second-order valence-electron chi connectivity index (χ2n) is 7.22. The number of carboxylic acids is 1. The van der Waals surface area contributed by atoms with Crippen molar-refractivity contribution < 1.29 is 43.2 Å². The van der Waals surface area contributed by atoms with Crippen LogP contribution >= 0.6 is 0 Å². The first-order chi connectivity index (χ1) is 16.4. The summed E-state index contributed by atoms with van der Waals surface area (Å²) in [7, 11) is 0. The molecule has 34 heavy (non-hydrogen) atoms. The van der Waals surface area contributed by atoms with Crippen molar-refractivity contribution in [3.05, 3.63) is 0 Å². The van der Waals surface area contributed by atoms with Crippen LogP contribution in [0.3, 0.4) is 0 Å². The van der Waals surface area contributed by atoms with Gasteiger partial charge in [-0.1, -0.05) is 13.3 Å². The Morgan fingerprint density at radius 1 is 0.735 bits per heavy atom. The van der Waals surface area contributed by atoms with Crippen molar-refractivity contribution in [3.63, 3.8) is 0 Å². The maximum atomic E-state index is 11.6. The summed E-state index contributed by atoms with van der Waals surface area (Å²) in [5.41, 5.74) is 5.32. The van der Waals surface area contributed by atoms with Crippen molar-refractivity contribution >= 4 is 23.7 Å². The van der Waals surface area contributed by atoms with Crippen molar-refractivity contribution in [1.29, 1.82) is 0 Å². The van der Waals surface area contributed by atoms with Crippen molar-refractivity contribution in [2.24, 2.45) is 5.73 Å². The second kappa shape index (κ2) is 22.5. The number of rotatable bonds is 23. The Labute approximate surface area is 200 Å². The number of nitrogens with one attached hydrogen (secondary N) is 3. The number of aliphatic carboxylic acids is 1. The molecule has 0 bridgehead atoms. The SMILES string of the molecule is CCCCNC(=O)COCCOCCNC(=O)COCCOCCNC(=O)CC[C@H](N)C(=O)O. The van der Waals surface area contributed by atoms with Crippen LogP contribution in [0.1, 0.15) is 32.6 Å². The largest absolute Gasteiger partial charge is 0.480 e. The van der Waals surface area contributed by atoms with Crippen LogP contribution < -0.4 is 21.7 Å². The fraction of sp³-hybridized carbons (Fsp3) is 0.810. The molecule has 0 aromatic heterocycles. The molecule has 0 unspecified atom stereocenters. The summed E-state index contributed by atoms with van der Waals surface area (Å²) in [6.45, 7) is 4.86. The summed E-state index contributed by atoms with van der Waals surface area (Å²) in [6, 6.07) is -1.05. The van der Waals surface area contributed by atoms with Crippen LogP contribution in [0.2, 0.25) is 0 Å². The van der Waals surface area contributed by atoms with E-state index in [2.05, 4.69) is 16.0 Å². The molecular formula is C21H40N4O9. The first kappa shape index (κ1) is 31.7. The predicted molar refractivity (Wildman–Crippen MR) is 122 cm³/mol. The normalized spacial score (nSPS) is 11.6. The molecule has 0 fully saturated rings. The molecule has 6 N–H and O–H groups in total. The van der Waals surface area contributed by atoms with Crippen molar-refractivity contribution in [2.75, 3.05) is 72.5 Å². The van der Waals surface area contributed by atoms with E-state index < -0.39 is 12.0 Å². The van der Waals surface area contributed by atoms with Crippen LogP contribution in [-0.2, 0) is 38.1 Å². The first-order valence-electron chi connectivity index (χ1n) is 11.5. The van der Waals surface area contributed by atoms with Gasteiger partial charge in [0, 0.05) is 26.1 Å². The van der Waals surface area contributed by atoms with Crippen molar-refractivity contribution in [3.8, 4) is 0 Å². The summed E-state index contributed by atoms with van der Waals surface area (Å²) in [5, 5.41) is 16.6. The van der Waals surface area contributed by atoms with Crippen LogP contribution in [0.5, 0.6) is 0 Å². The molecule has 13 nitrogen and oxygen atoms in total. The summed E-state index contributed by atoms with van der Waals surface area (Å²) in [6.07, 6.45) is 2.06. The van der Waals surface area contributed by atoms with Gasteiger partial charge in [0.25, 0.3) is 0 Å². The third-order valence-electron chi connectivity index (χ3n) is 4.20. The van der Waals surface area contributed by atoms with Gasteiger partial charge in [-0.3, -0.25) is 19.2 Å². The van der Waals surface area contributed by atoms with E-state index in [0.29, 0.717) is 32.9 Å². The third-order valence-corrected chi connectivity index (χ3v) is 4.20. The number of carbonyl (C=O) groups excluding carboxylic acids is 3. The molecule has 0 saturated carbocycles. The molecule has 1 atom stereocenters. The van der Waals surface area contributed by atoms with Gasteiger partial charge in [0.15, 0.2) is 0 Å². The number of amides is 3. The average molecular weight is 493 g/mol. The van der Waals surface area contributed by atoms with Crippen LogP contribution in [0.4, 0.5) is 0 Å². The number of ether oxygens (including phenoxy) is 4. The number of carbonyl (C=O) groups is 4. The predicted octanol–water partition coefficient (Wildman–Crippen LogP) is -1.61. The van der Waals surface area contributed by atoms with E-state index in [0.717, 1.165) is 12.8 Å². The average Bonchev–Trinajstić information content (AvgIpc) is 2.80. The Hall–Kier alpha value is -2.32. The quantitative estimate of drug-likeness (QED) is 0.104. The number of unbranched alkanes of at least 4 members (excludes halogenated alkanes) is 1. The fourth-order valence-electron chi connectivity index (χ4n) is 2.30. The van der Waals surface area contributed by atoms with E-state index >= 15 is 0 Å². The van der Waals surface area contributed by atoms with Crippen LogP contribution in [-0.4, -0.2) is 107 Å². The van der Waals surface area contributed by atoms with Crippen LogP contribution in [0, 0.1) is 0 Å². The van der Waals surface area contributed by atoms with E-state index in [9.17, 15) is 19.2 Å². The van der Waals surface area contributed by atoms with Gasteiger partial charge >= 0.3 is 5.97 Å². The molecule has 0 saturated heterocycles. The Balaban J connectivity index is 3.37. The highest BCUT2D eigenvalue weighted by Crippen LogP contribution is 1.94. The van der Waals surface area contributed by atoms with Gasteiger partial charge in [0.2, 0.25) is 17.7 Å². The molecule has 0 rings (SSSR count). The Morgan fingerprint density at radius 3 is 1.71 bits per heavy atom. The highest BCUT2D eigenvalue weighted by Gasteiger charge is 2.13. The van der Waals surface area contributed by atoms with E-state index in [4.69, 9.17) is 29.8 Å². The van der Waals surface area contributed by atoms with Gasteiger partial charge in [-0.15, -0.1) is 0 Å². The zero-order valence-electron chi connectivity index (χ0n) is 20.0. The highest BCUT2D eigenvalue weighted by atomic mass is 16.5. The molecule has 198 valence electrons. The fourth-order valence-corrected chi connectivity index (χ4v) is 2.30. The number of nitrogens with two attached hydrogens (primary N) is 1. The molecule has 0 spiro atoms. The molecular weight excluding hydrogens is 452 g/mol.